The maximum atomic E-state index is 10.8. The van der Waals surface area contributed by atoms with Crippen LogP contribution >= 0.6 is 39.8 Å². The summed E-state index contributed by atoms with van der Waals surface area (Å²) >= 11 is 3.57. The summed E-state index contributed by atoms with van der Waals surface area (Å²) in [4.78, 5) is 39.1. The van der Waals surface area contributed by atoms with Gasteiger partial charge in [-0.05, 0) is 41.0 Å². The Labute approximate surface area is 205 Å². The predicted octanol–water partition coefficient (Wildman–Crippen LogP) is 5.55. The van der Waals surface area contributed by atoms with Crippen molar-refractivity contribution < 1.29 is 9.59 Å². The molecule has 0 aliphatic rings. The first-order chi connectivity index (χ1) is 16.7. The first kappa shape index (κ1) is 21.5. The summed E-state index contributed by atoms with van der Waals surface area (Å²) in [7, 11) is 0.0949. The molecular formula is C24H16N4O2P2S2. The quantitative estimate of drug-likeness (QED) is 0.214. The molecule has 4 heterocycles. The first-order valence-electron chi connectivity index (χ1n) is 10.3. The van der Waals surface area contributed by atoms with Crippen molar-refractivity contribution in [2.45, 2.75) is 0 Å². The highest BCUT2D eigenvalue weighted by Crippen LogP contribution is 2.42. The monoisotopic (exact) mass is 518 g/mol. The standard InChI is InChI=1S/C24H16N4O2P2S2/c29-11-31-23-25-10-18(28-23)13-1-3-14(4-2-13)19-8-21-22(33-19)9-20(34-21)15-5-6-16-17(7-15)27-24(26-16)32-12-30/h1-12,31-32H,(H,25,28)(H,26,27). The van der Waals surface area contributed by atoms with Crippen molar-refractivity contribution in [3.8, 4) is 32.1 Å². The zero-order valence-corrected chi connectivity index (χ0v) is 21.1. The maximum absolute atomic E-state index is 10.8. The number of H-pyrrole nitrogens is 2. The molecule has 0 radical (unpaired) electrons. The molecule has 0 fully saturated rings. The number of aromatic nitrogens is 4. The lowest BCUT2D eigenvalue weighted by Gasteiger charge is -2.01. The number of fused-ring (bicyclic) bond motifs is 2. The number of carbonyl (C=O) groups is 2. The van der Waals surface area contributed by atoms with Gasteiger partial charge in [-0.15, -0.1) is 22.7 Å². The number of thiophene rings is 2. The third kappa shape index (κ3) is 4.04. The van der Waals surface area contributed by atoms with E-state index in [1.807, 2.05) is 6.07 Å². The third-order valence-electron chi connectivity index (χ3n) is 5.42. The maximum Gasteiger partial charge on any atom is 0.146 e. The molecule has 0 spiro atoms. The van der Waals surface area contributed by atoms with E-state index < -0.39 is 0 Å². The van der Waals surface area contributed by atoms with Crippen molar-refractivity contribution >= 4 is 83.5 Å². The summed E-state index contributed by atoms with van der Waals surface area (Å²) in [6, 6.07) is 20.9. The molecule has 4 aromatic heterocycles. The van der Waals surface area contributed by atoms with Gasteiger partial charge < -0.3 is 9.97 Å². The van der Waals surface area contributed by atoms with Crippen LogP contribution in [0.2, 0.25) is 0 Å². The van der Waals surface area contributed by atoms with Gasteiger partial charge in [0, 0.05) is 36.3 Å². The lowest BCUT2D eigenvalue weighted by atomic mass is 10.1. The SMILES string of the molecule is O=CPc1ncc(-c2ccc(-c3cc4sc(-c5ccc6nc(PC=O)[nH]c6c5)cc4s3)cc2)[nH]1. The molecule has 34 heavy (non-hydrogen) atoms. The van der Waals surface area contributed by atoms with Crippen molar-refractivity contribution in [2.75, 3.05) is 0 Å². The number of nitrogens with zero attached hydrogens (tertiary/aromatic N) is 2. The molecule has 0 amide bonds. The van der Waals surface area contributed by atoms with Gasteiger partial charge in [-0.2, -0.15) is 0 Å². The number of imidazole rings is 2. The second-order valence-corrected chi connectivity index (χ2v) is 11.7. The Morgan fingerprint density at radius 1 is 0.735 bits per heavy atom. The Morgan fingerprint density at radius 2 is 1.38 bits per heavy atom. The third-order valence-corrected chi connectivity index (χ3v) is 9.09. The molecule has 0 aliphatic heterocycles. The van der Waals surface area contributed by atoms with E-state index in [1.165, 1.54) is 24.7 Å². The highest BCUT2D eigenvalue weighted by atomic mass is 32.1. The highest BCUT2D eigenvalue weighted by molar-refractivity contribution is 7.62. The summed E-state index contributed by atoms with van der Waals surface area (Å²) in [5, 5.41) is 0. The van der Waals surface area contributed by atoms with E-state index in [0.717, 1.165) is 45.5 Å². The van der Waals surface area contributed by atoms with Crippen LogP contribution in [-0.4, -0.2) is 32.0 Å². The Bertz CT molecular complexity index is 1630. The van der Waals surface area contributed by atoms with E-state index in [1.54, 1.807) is 28.9 Å². The van der Waals surface area contributed by atoms with Gasteiger partial charge in [-0.3, -0.25) is 9.59 Å². The number of benzene rings is 2. The van der Waals surface area contributed by atoms with Gasteiger partial charge in [0.05, 0.1) is 22.9 Å². The number of nitrogens with one attached hydrogen (secondary N) is 2. The Morgan fingerprint density at radius 3 is 2.12 bits per heavy atom. The number of hydrogen-bond donors (Lipinski definition) is 2. The molecular weight excluding hydrogens is 502 g/mol. The molecule has 166 valence electrons. The van der Waals surface area contributed by atoms with Gasteiger partial charge in [0.2, 0.25) is 0 Å². The summed E-state index contributed by atoms with van der Waals surface area (Å²) in [6.45, 7) is 0. The topological polar surface area (TPSA) is 91.5 Å². The van der Waals surface area contributed by atoms with Crippen molar-refractivity contribution in [3.05, 3.63) is 60.8 Å². The molecule has 2 N–H and O–H groups in total. The molecule has 10 heteroatoms. The molecule has 0 saturated carbocycles. The average molecular weight is 519 g/mol. The van der Waals surface area contributed by atoms with E-state index in [4.69, 9.17) is 0 Å². The Kier molecular flexibility index (Phi) is 5.67. The lowest BCUT2D eigenvalue weighted by molar-refractivity contribution is 0.569. The molecule has 2 atom stereocenters. The normalized spacial score (nSPS) is 12.1. The van der Waals surface area contributed by atoms with Crippen LogP contribution in [0.3, 0.4) is 0 Å². The van der Waals surface area contributed by atoms with Crippen LogP contribution in [0.5, 0.6) is 0 Å². The molecule has 6 nitrogen and oxygen atoms in total. The fraction of sp³-hybridized carbons (Fsp3) is 0. The fourth-order valence-corrected chi connectivity index (χ4v) is 7.18. The van der Waals surface area contributed by atoms with Crippen LogP contribution in [0.4, 0.5) is 0 Å². The van der Waals surface area contributed by atoms with Gasteiger partial charge in [0.15, 0.2) is 0 Å². The minimum absolute atomic E-state index is 0.0468. The molecule has 0 bridgehead atoms. The largest absolute Gasteiger partial charge is 0.338 e. The van der Waals surface area contributed by atoms with Crippen LogP contribution < -0.4 is 11.1 Å². The zero-order chi connectivity index (χ0) is 23.1. The Balaban J connectivity index is 1.26. The molecule has 0 aliphatic carbocycles. The second kappa shape index (κ2) is 8.97. The highest BCUT2D eigenvalue weighted by Gasteiger charge is 2.12. The van der Waals surface area contributed by atoms with Gasteiger partial charge in [0.1, 0.15) is 23.2 Å². The first-order valence-corrected chi connectivity index (χ1v) is 14.1. The van der Waals surface area contributed by atoms with Gasteiger partial charge in [0.25, 0.3) is 0 Å². The van der Waals surface area contributed by atoms with Gasteiger partial charge >= 0.3 is 0 Å². The van der Waals surface area contributed by atoms with E-state index in [-0.39, 0.29) is 17.2 Å². The molecule has 2 aromatic carbocycles. The van der Waals surface area contributed by atoms with Crippen LogP contribution in [-0.2, 0) is 9.59 Å². The van der Waals surface area contributed by atoms with Crippen molar-refractivity contribution in [2.24, 2.45) is 0 Å². The number of rotatable bonds is 7. The van der Waals surface area contributed by atoms with E-state index in [2.05, 4.69) is 68.5 Å². The average Bonchev–Trinajstić information content (AvgIpc) is 3.61. The van der Waals surface area contributed by atoms with Gasteiger partial charge in [-0.1, -0.05) is 30.3 Å². The Hall–Kier alpha value is -3.02. The zero-order valence-electron chi connectivity index (χ0n) is 17.5. The minimum atomic E-state index is 0.0468. The van der Waals surface area contributed by atoms with Crippen LogP contribution in [0.25, 0.3) is 52.6 Å². The lowest BCUT2D eigenvalue weighted by Crippen LogP contribution is -1.97. The van der Waals surface area contributed by atoms with E-state index in [9.17, 15) is 9.59 Å². The summed E-state index contributed by atoms with van der Waals surface area (Å²) in [5.41, 5.74) is 7.55. The van der Waals surface area contributed by atoms with Crippen LogP contribution in [0, 0.1) is 0 Å². The van der Waals surface area contributed by atoms with Crippen LogP contribution in [0.15, 0.2) is 60.8 Å². The molecule has 0 saturated heterocycles. The second-order valence-electron chi connectivity index (χ2n) is 7.51. The number of aromatic amines is 2. The van der Waals surface area contributed by atoms with Gasteiger partial charge in [-0.25, -0.2) is 9.97 Å². The fourth-order valence-electron chi connectivity index (χ4n) is 3.82. The smallest absolute Gasteiger partial charge is 0.146 e. The van der Waals surface area contributed by atoms with Crippen LogP contribution in [0.1, 0.15) is 0 Å². The van der Waals surface area contributed by atoms with E-state index >= 15 is 0 Å². The summed E-state index contributed by atoms with van der Waals surface area (Å²) in [6.07, 6.45) is 1.77. The predicted molar refractivity (Wildman–Crippen MR) is 147 cm³/mol. The number of carbonyl (C=O) groups excluding carboxylic acids is 2. The van der Waals surface area contributed by atoms with Crippen molar-refractivity contribution in [3.63, 3.8) is 0 Å². The van der Waals surface area contributed by atoms with Crippen molar-refractivity contribution in [1.82, 2.24) is 19.9 Å². The summed E-state index contributed by atoms with van der Waals surface area (Å²) < 4.78 is 2.53. The molecule has 6 aromatic rings. The summed E-state index contributed by atoms with van der Waals surface area (Å²) in [5.74, 6) is 0. The molecule has 2 unspecified atom stereocenters. The van der Waals surface area contributed by atoms with Crippen molar-refractivity contribution in [1.29, 1.82) is 0 Å². The number of hydrogen-bond acceptors (Lipinski definition) is 6. The molecule has 6 rings (SSSR count). The minimum Gasteiger partial charge on any atom is -0.338 e. The van der Waals surface area contributed by atoms with E-state index in [0.29, 0.717) is 5.57 Å².